The van der Waals surface area contributed by atoms with Gasteiger partial charge in [0, 0.05) is 12.3 Å². The molecule has 0 radical (unpaired) electrons. The quantitative estimate of drug-likeness (QED) is 0.752. The number of nitrogens with zero attached hydrogens (tertiary/aromatic N) is 3. The summed E-state index contributed by atoms with van der Waals surface area (Å²) in [5.41, 5.74) is 0.990. The first-order chi connectivity index (χ1) is 11.2. The van der Waals surface area contributed by atoms with E-state index >= 15 is 0 Å². The Bertz CT molecular complexity index is 858. The van der Waals surface area contributed by atoms with Gasteiger partial charge in [0.2, 0.25) is 10.1 Å². The lowest BCUT2D eigenvalue weighted by Crippen LogP contribution is -2.25. The minimum atomic E-state index is -0.178. The maximum absolute atomic E-state index is 11.7. The number of nitrogens with one attached hydrogen (secondary N) is 1. The van der Waals surface area contributed by atoms with Crippen molar-refractivity contribution in [3.63, 3.8) is 0 Å². The Morgan fingerprint density at radius 3 is 3.00 bits per heavy atom. The third kappa shape index (κ3) is 3.68. The average molecular weight is 330 g/mol. The first kappa shape index (κ1) is 15.5. The first-order valence-electron chi connectivity index (χ1n) is 7.48. The highest BCUT2D eigenvalue weighted by Crippen LogP contribution is 2.18. The summed E-state index contributed by atoms with van der Waals surface area (Å²) < 4.78 is 7.30. The second-order valence-electron chi connectivity index (χ2n) is 5.23. The van der Waals surface area contributed by atoms with E-state index in [0.717, 1.165) is 12.2 Å². The van der Waals surface area contributed by atoms with Crippen LogP contribution in [0.5, 0.6) is 5.75 Å². The van der Waals surface area contributed by atoms with Crippen LogP contribution < -0.4 is 15.6 Å². The van der Waals surface area contributed by atoms with Gasteiger partial charge in [-0.15, -0.1) is 5.10 Å². The molecule has 3 aromatic rings. The van der Waals surface area contributed by atoms with E-state index in [0.29, 0.717) is 16.6 Å². The molecule has 0 aliphatic heterocycles. The van der Waals surface area contributed by atoms with Crippen LogP contribution in [0.2, 0.25) is 0 Å². The Kier molecular flexibility index (Phi) is 4.57. The van der Waals surface area contributed by atoms with Gasteiger partial charge in [-0.05, 0) is 31.0 Å². The highest BCUT2D eigenvalue weighted by molar-refractivity contribution is 7.20. The molecule has 0 amide bonds. The summed E-state index contributed by atoms with van der Waals surface area (Å²) in [5, 5.41) is 8.12. The minimum Gasteiger partial charge on any atom is -0.489 e. The molecule has 1 aromatic carbocycles. The van der Waals surface area contributed by atoms with E-state index in [-0.39, 0.29) is 11.7 Å². The van der Waals surface area contributed by atoms with Crippen molar-refractivity contribution in [3.8, 4) is 5.75 Å². The van der Waals surface area contributed by atoms with Crippen LogP contribution in [0.15, 0.2) is 41.3 Å². The number of ether oxygens (including phenoxy) is 1. The zero-order valence-electron chi connectivity index (χ0n) is 13.0. The third-order valence-corrected chi connectivity index (χ3v) is 4.28. The fourth-order valence-corrected chi connectivity index (χ4v) is 2.95. The van der Waals surface area contributed by atoms with Gasteiger partial charge in [0.25, 0.3) is 5.56 Å². The van der Waals surface area contributed by atoms with Crippen LogP contribution in [0.3, 0.4) is 0 Å². The van der Waals surface area contributed by atoms with E-state index in [1.807, 2.05) is 31.2 Å². The standard InChI is InChI=1S/C16H18N4O2S/c1-3-12(22-13-6-4-5-11(2)9-13)10-18-15-19-20-14(21)7-8-17-16(20)23-15/h4-9,12H,3,10H2,1-2H3,(H,18,19). The number of benzene rings is 1. The van der Waals surface area contributed by atoms with Crippen molar-refractivity contribution < 1.29 is 4.74 Å². The van der Waals surface area contributed by atoms with Crippen LogP contribution in [0.4, 0.5) is 5.13 Å². The van der Waals surface area contributed by atoms with Crippen molar-refractivity contribution >= 4 is 21.4 Å². The summed E-state index contributed by atoms with van der Waals surface area (Å²) in [7, 11) is 0. The number of rotatable bonds is 6. The largest absolute Gasteiger partial charge is 0.489 e. The lowest BCUT2D eigenvalue weighted by atomic mass is 10.2. The van der Waals surface area contributed by atoms with Crippen molar-refractivity contribution in [3.05, 3.63) is 52.4 Å². The maximum Gasteiger partial charge on any atom is 0.275 e. The van der Waals surface area contributed by atoms with Crippen molar-refractivity contribution in [2.24, 2.45) is 0 Å². The minimum absolute atomic E-state index is 0.0218. The fourth-order valence-electron chi connectivity index (χ4n) is 2.17. The summed E-state index contributed by atoms with van der Waals surface area (Å²) in [6, 6.07) is 9.39. The molecule has 0 spiro atoms. The second-order valence-corrected chi connectivity index (χ2v) is 6.19. The van der Waals surface area contributed by atoms with Crippen LogP contribution in [-0.4, -0.2) is 27.2 Å². The molecular weight excluding hydrogens is 312 g/mol. The molecule has 120 valence electrons. The number of hydrogen-bond donors (Lipinski definition) is 1. The van der Waals surface area contributed by atoms with Gasteiger partial charge in [0.15, 0.2) is 0 Å². The van der Waals surface area contributed by atoms with Gasteiger partial charge in [-0.2, -0.15) is 4.52 Å². The highest BCUT2D eigenvalue weighted by atomic mass is 32.1. The molecule has 0 bridgehead atoms. The maximum atomic E-state index is 11.7. The molecule has 0 saturated heterocycles. The van der Waals surface area contributed by atoms with Gasteiger partial charge in [-0.3, -0.25) is 4.79 Å². The van der Waals surface area contributed by atoms with E-state index in [9.17, 15) is 4.79 Å². The predicted molar refractivity (Wildman–Crippen MR) is 91.5 cm³/mol. The first-order valence-corrected chi connectivity index (χ1v) is 8.29. The zero-order valence-corrected chi connectivity index (χ0v) is 13.8. The van der Waals surface area contributed by atoms with Gasteiger partial charge >= 0.3 is 0 Å². The Morgan fingerprint density at radius 2 is 2.26 bits per heavy atom. The smallest absolute Gasteiger partial charge is 0.275 e. The lowest BCUT2D eigenvalue weighted by molar-refractivity contribution is 0.210. The van der Waals surface area contributed by atoms with E-state index in [1.54, 1.807) is 0 Å². The van der Waals surface area contributed by atoms with Crippen LogP contribution >= 0.6 is 11.3 Å². The van der Waals surface area contributed by atoms with E-state index in [1.165, 1.54) is 33.7 Å². The van der Waals surface area contributed by atoms with Crippen LogP contribution in [0.25, 0.3) is 4.96 Å². The van der Waals surface area contributed by atoms with Gasteiger partial charge < -0.3 is 10.1 Å². The molecule has 1 unspecified atom stereocenters. The summed E-state index contributed by atoms with van der Waals surface area (Å²) in [5.74, 6) is 0.862. The van der Waals surface area contributed by atoms with E-state index < -0.39 is 0 Å². The molecular formula is C16H18N4O2S. The average Bonchev–Trinajstić information content (AvgIpc) is 2.96. The molecule has 2 aromatic heterocycles. The van der Waals surface area contributed by atoms with Crippen molar-refractivity contribution in [1.82, 2.24) is 14.6 Å². The predicted octanol–water partition coefficient (Wildman–Crippen LogP) is 2.73. The Labute approximate surface area is 137 Å². The molecule has 7 heteroatoms. The molecule has 2 heterocycles. The van der Waals surface area contributed by atoms with E-state index in [2.05, 4.69) is 22.3 Å². The number of aryl methyl sites for hydroxylation is 1. The number of aromatic nitrogens is 3. The van der Waals surface area contributed by atoms with Gasteiger partial charge in [0.05, 0.1) is 6.54 Å². The summed E-state index contributed by atoms with van der Waals surface area (Å²) >= 11 is 1.35. The molecule has 1 N–H and O–H groups in total. The number of hydrogen-bond acceptors (Lipinski definition) is 6. The van der Waals surface area contributed by atoms with Crippen molar-refractivity contribution in [2.45, 2.75) is 26.4 Å². The zero-order chi connectivity index (χ0) is 16.2. The summed E-state index contributed by atoms with van der Waals surface area (Å²) in [6.07, 6.45) is 2.38. The molecule has 0 aliphatic carbocycles. The molecule has 0 saturated carbocycles. The topological polar surface area (TPSA) is 68.5 Å². The summed E-state index contributed by atoms with van der Waals surface area (Å²) in [6.45, 7) is 4.73. The van der Waals surface area contributed by atoms with Gasteiger partial charge in [-0.25, -0.2) is 4.98 Å². The van der Waals surface area contributed by atoms with Crippen LogP contribution in [0.1, 0.15) is 18.9 Å². The number of anilines is 1. The molecule has 1 atom stereocenters. The number of fused-ring (bicyclic) bond motifs is 1. The molecule has 0 aliphatic rings. The third-order valence-electron chi connectivity index (χ3n) is 3.40. The Balaban J connectivity index is 1.67. The van der Waals surface area contributed by atoms with Gasteiger partial charge in [-0.1, -0.05) is 30.4 Å². The highest BCUT2D eigenvalue weighted by Gasteiger charge is 2.11. The fraction of sp³-hybridized carbons (Fsp3) is 0.312. The Hall–Kier alpha value is -2.41. The lowest BCUT2D eigenvalue weighted by Gasteiger charge is -2.18. The van der Waals surface area contributed by atoms with Crippen LogP contribution in [-0.2, 0) is 0 Å². The second kappa shape index (κ2) is 6.78. The SMILES string of the molecule is CCC(CNc1nn2c(=O)ccnc2s1)Oc1cccc(C)c1. The van der Waals surface area contributed by atoms with E-state index in [4.69, 9.17) is 4.74 Å². The molecule has 23 heavy (non-hydrogen) atoms. The Morgan fingerprint density at radius 1 is 1.39 bits per heavy atom. The molecule has 0 fully saturated rings. The molecule has 6 nitrogen and oxygen atoms in total. The van der Waals surface area contributed by atoms with Gasteiger partial charge in [0.1, 0.15) is 11.9 Å². The normalized spacial score (nSPS) is 12.3. The monoisotopic (exact) mass is 330 g/mol. The van der Waals surface area contributed by atoms with Crippen molar-refractivity contribution in [1.29, 1.82) is 0 Å². The van der Waals surface area contributed by atoms with Crippen LogP contribution in [0, 0.1) is 6.92 Å². The van der Waals surface area contributed by atoms with Crippen molar-refractivity contribution in [2.75, 3.05) is 11.9 Å². The summed E-state index contributed by atoms with van der Waals surface area (Å²) in [4.78, 5) is 16.4. The molecule has 3 rings (SSSR count).